The molecule has 1 aliphatic heterocycles. The molecule has 3 heterocycles. The van der Waals surface area contributed by atoms with Crippen LogP contribution in [0.3, 0.4) is 0 Å². The number of piperazine rings is 1. The predicted octanol–water partition coefficient (Wildman–Crippen LogP) is 2.91. The molecule has 4 aromatic rings. The van der Waals surface area contributed by atoms with E-state index in [1.807, 2.05) is 11.0 Å². The Labute approximate surface area is 248 Å². The average Bonchev–Trinajstić information content (AvgIpc) is 3.55. The van der Waals surface area contributed by atoms with Crippen LogP contribution in [-0.2, 0) is 22.8 Å². The van der Waals surface area contributed by atoms with Crippen molar-refractivity contribution in [3.63, 3.8) is 0 Å². The van der Waals surface area contributed by atoms with Crippen LogP contribution in [0, 0.1) is 5.41 Å². The maximum Gasteiger partial charge on any atom is 0.316 e. The molecule has 1 saturated carbocycles. The van der Waals surface area contributed by atoms with E-state index in [1.54, 1.807) is 55.7 Å². The van der Waals surface area contributed by atoms with Gasteiger partial charge in [-0.1, -0.05) is 42.8 Å². The minimum absolute atomic E-state index is 0.0566. The van der Waals surface area contributed by atoms with Crippen LogP contribution in [0.5, 0.6) is 5.75 Å². The van der Waals surface area contributed by atoms with Gasteiger partial charge in [0.25, 0.3) is 0 Å². The van der Waals surface area contributed by atoms with E-state index >= 15 is 0 Å². The summed E-state index contributed by atoms with van der Waals surface area (Å²) in [6, 6.07) is 14.1. The summed E-state index contributed by atoms with van der Waals surface area (Å²) in [6.45, 7) is 3.86. The number of rotatable bonds is 9. The first-order chi connectivity index (χ1) is 20.1. The Morgan fingerprint density at radius 3 is 2.50 bits per heavy atom. The molecule has 2 aliphatic rings. The van der Waals surface area contributed by atoms with Gasteiger partial charge in [0.15, 0.2) is 0 Å². The van der Waals surface area contributed by atoms with Crippen molar-refractivity contribution in [2.75, 3.05) is 37.7 Å². The van der Waals surface area contributed by atoms with Crippen LogP contribution in [0.15, 0.2) is 59.5 Å². The molecule has 1 aliphatic carbocycles. The highest BCUT2D eigenvalue weighted by atomic mass is 35.5. The van der Waals surface area contributed by atoms with Crippen molar-refractivity contribution in [2.24, 2.45) is 12.5 Å². The van der Waals surface area contributed by atoms with Gasteiger partial charge in [0.2, 0.25) is 21.6 Å². The van der Waals surface area contributed by atoms with E-state index in [2.05, 4.69) is 27.4 Å². The van der Waals surface area contributed by atoms with Crippen molar-refractivity contribution in [3.05, 3.63) is 75.7 Å². The molecule has 42 heavy (non-hydrogen) atoms. The molecule has 2 aromatic carbocycles. The third-order valence-electron chi connectivity index (χ3n) is 7.65. The van der Waals surface area contributed by atoms with Crippen molar-refractivity contribution in [3.8, 4) is 22.8 Å². The lowest BCUT2D eigenvalue weighted by Crippen LogP contribution is -2.49. The number of hydrogen-bond donors (Lipinski definition) is 0. The number of ether oxygens (including phenoxy) is 1. The molecule has 6 rings (SSSR count). The second-order valence-corrected chi connectivity index (χ2v) is 13.5. The molecule has 1 saturated heterocycles. The summed E-state index contributed by atoms with van der Waals surface area (Å²) >= 11 is 6.16. The fraction of sp³-hybridized carbons (Fsp3) is 0.393. The lowest BCUT2D eigenvalue weighted by Gasteiger charge is -2.35. The van der Waals surface area contributed by atoms with Crippen molar-refractivity contribution in [1.29, 1.82) is 0 Å². The molecule has 2 fully saturated rings. The standard InChI is InChI=1S/C28H31ClN8O4S/c1-28(9-10-28)19-41-25-24(17-30-37(27(25)38)23-8-4-7-22(29)16-23)35-11-13-36(14-12-35)42(39,40)18-20-5-3-6-21(15-20)26-31-33-34(2)32-26/h3-8,15-17H,9-14,18-19H2,1-2H3. The number of benzene rings is 2. The summed E-state index contributed by atoms with van der Waals surface area (Å²) in [5, 5.41) is 17.0. The van der Waals surface area contributed by atoms with Crippen molar-refractivity contribution in [1.82, 2.24) is 34.3 Å². The Morgan fingerprint density at radius 1 is 1.05 bits per heavy atom. The molecular formula is C28H31ClN8O4S. The lowest BCUT2D eigenvalue weighted by atomic mass is 10.1. The zero-order chi connectivity index (χ0) is 29.5. The summed E-state index contributed by atoms with van der Waals surface area (Å²) < 4.78 is 35.7. The number of nitrogens with zero attached hydrogens (tertiary/aromatic N) is 8. The number of anilines is 1. The number of tetrazole rings is 1. The lowest BCUT2D eigenvalue weighted by molar-refractivity contribution is 0.242. The largest absolute Gasteiger partial charge is 0.486 e. The fourth-order valence-corrected chi connectivity index (χ4v) is 6.58. The number of aryl methyl sites for hydroxylation is 1. The van der Waals surface area contributed by atoms with Crippen molar-refractivity contribution >= 4 is 27.3 Å². The Hall–Kier alpha value is -3.81. The van der Waals surface area contributed by atoms with Crippen LogP contribution >= 0.6 is 11.6 Å². The van der Waals surface area contributed by atoms with Crippen LogP contribution in [0.4, 0.5) is 5.69 Å². The molecule has 0 amide bonds. The summed E-state index contributed by atoms with van der Waals surface area (Å²) in [7, 11) is -1.93. The maximum atomic E-state index is 13.6. The molecule has 14 heteroatoms. The van der Waals surface area contributed by atoms with Crippen LogP contribution in [0.2, 0.25) is 5.02 Å². The van der Waals surface area contributed by atoms with Gasteiger partial charge in [-0.05, 0) is 47.9 Å². The quantitative estimate of drug-likeness (QED) is 0.281. The summed E-state index contributed by atoms with van der Waals surface area (Å²) in [5.41, 5.74) is 2.11. The minimum Gasteiger partial charge on any atom is -0.486 e. The van der Waals surface area contributed by atoms with Gasteiger partial charge in [-0.25, -0.2) is 8.42 Å². The second-order valence-electron chi connectivity index (χ2n) is 11.1. The Balaban J connectivity index is 1.19. The number of sulfonamides is 1. The second kappa shape index (κ2) is 11.1. The first kappa shape index (κ1) is 28.3. The van der Waals surface area contributed by atoms with Gasteiger partial charge in [-0.3, -0.25) is 4.79 Å². The van der Waals surface area contributed by atoms with E-state index in [9.17, 15) is 13.2 Å². The molecule has 2 aromatic heterocycles. The molecule has 0 radical (unpaired) electrons. The molecule has 0 spiro atoms. The van der Waals surface area contributed by atoms with Crippen LogP contribution in [0.1, 0.15) is 25.3 Å². The Morgan fingerprint density at radius 2 is 1.81 bits per heavy atom. The number of hydrogen-bond acceptors (Lipinski definition) is 9. The van der Waals surface area contributed by atoms with Gasteiger partial charge in [-0.2, -0.15) is 18.9 Å². The highest BCUT2D eigenvalue weighted by molar-refractivity contribution is 7.88. The summed E-state index contributed by atoms with van der Waals surface area (Å²) in [4.78, 5) is 16.9. The zero-order valence-electron chi connectivity index (χ0n) is 23.3. The molecular weight excluding hydrogens is 580 g/mol. The van der Waals surface area contributed by atoms with Gasteiger partial charge in [-0.15, -0.1) is 10.2 Å². The molecule has 0 bridgehead atoms. The third kappa shape index (κ3) is 6.03. The number of halogens is 1. The first-order valence-corrected chi connectivity index (χ1v) is 15.7. The minimum atomic E-state index is -3.60. The summed E-state index contributed by atoms with van der Waals surface area (Å²) in [6.07, 6.45) is 3.71. The number of aromatic nitrogens is 6. The van der Waals surface area contributed by atoms with Gasteiger partial charge < -0.3 is 9.64 Å². The molecule has 0 atom stereocenters. The van der Waals surface area contributed by atoms with Gasteiger partial charge in [0.1, 0.15) is 5.69 Å². The van der Waals surface area contributed by atoms with E-state index in [1.165, 1.54) is 13.8 Å². The van der Waals surface area contributed by atoms with Crippen LogP contribution < -0.4 is 15.2 Å². The molecule has 220 valence electrons. The zero-order valence-corrected chi connectivity index (χ0v) is 24.9. The van der Waals surface area contributed by atoms with E-state index in [0.717, 1.165) is 12.8 Å². The third-order valence-corrected chi connectivity index (χ3v) is 9.74. The van der Waals surface area contributed by atoms with E-state index < -0.39 is 10.0 Å². The smallest absolute Gasteiger partial charge is 0.316 e. The Bertz CT molecular complexity index is 1780. The molecule has 12 nitrogen and oxygen atoms in total. The van der Waals surface area contributed by atoms with E-state index in [0.29, 0.717) is 53.0 Å². The predicted molar refractivity (Wildman–Crippen MR) is 158 cm³/mol. The average molecular weight is 611 g/mol. The SMILES string of the molecule is Cn1nnc(-c2cccc(CS(=O)(=O)N3CCN(c4cnn(-c5cccc(Cl)c5)c(=O)c4OCC4(C)CC4)CC3)c2)n1. The highest BCUT2D eigenvalue weighted by Gasteiger charge is 2.39. The molecule has 0 unspecified atom stereocenters. The van der Waals surface area contributed by atoms with Gasteiger partial charge in [0.05, 0.1) is 31.3 Å². The fourth-order valence-electron chi connectivity index (χ4n) is 4.89. The molecule has 0 N–H and O–H groups in total. The van der Waals surface area contributed by atoms with Crippen molar-refractivity contribution in [2.45, 2.75) is 25.5 Å². The van der Waals surface area contributed by atoms with Gasteiger partial charge >= 0.3 is 5.56 Å². The van der Waals surface area contributed by atoms with Crippen LogP contribution in [0.25, 0.3) is 17.1 Å². The normalized spacial score (nSPS) is 16.9. The summed E-state index contributed by atoms with van der Waals surface area (Å²) in [5.74, 6) is 0.500. The van der Waals surface area contributed by atoms with Crippen molar-refractivity contribution < 1.29 is 13.2 Å². The Kier molecular flexibility index (Phi) is 7.50. The van der Waals surface area contributed by atoms with E-state index in [4.69, 9.17) is 16.3 Å². The maximum absolute atomic E-state index is 13.6. The first-order valence-electron chi connectivity index (χ1n) is 13.7. The topological polar surface area (TPSA) is 128 Å². The monoisotopic (exact) mass is 610 g/mol. The highest BCUT2D eigenvalue weighted by Crippen LogP contribution is 2.45. The van der Waals surface area contributed by atoms with Crippen LogP contribution in [-0.4, -0.2) is 75.5 Å². The van der Waals surface area contributed by atoms with E-state index in [-0.39, 0.29) is 35.6 Å². The van der Waals surface area contributed by atoms with Gasteiger partial charge in [0, 0.05) is 42.2 Å².